The van der Waals surface area contributed by atoms with E-state index in [1.54, 1.807) is 50.5 Å². The van der Waals surface area contributed by atoms with E-state index in [0.29, 0.717) is 11.1 Å². The van der Waals surface area contributed by atoms with Gasteiger partial charge in [0.1, 0.15) is 5.82 Å². The van der Waals surface area contributed by atoms with Crippen LogP contribution >= 0.6 is 15.9 Å². The SMILES string of the molecule is CN(C)C(=O)NC(CC(=O)c1ccc(Br)cc1)c1ccc(F)cc1. The Kier molecular flexibility index (Phi) is 6.09. The van der Waals surface area contributed by atoms with Crippen molar-refractivity contribution < 1.29 is 14.0 Å². The number of amides is 2. The number of carbonyl (C=O) groups excluding carboxylic acids is 2. The predicted molar refractivity (Wildman–Crippen MR) is 94.4 cm³/mol. The van der Waals surface area contributed by atoms with Crippen molar-refractivity contribution in [2.45, 2.75) is 12.5 Å². The summed E-state index contributed by atoms with van der Waals surface area (Å²) >= 11 is 3.33. The lowest BCUT2D eigenvalue weighted by Crippen LogP contribution is -2.38. The summed E-state index contributed by atoms with van der Waals surface area (Å²) in [5, 5.41) is 2.80. The second-order valence-electron chi connectivity index (χ2n) is 5.58. The number of hydrogen-bond donors (Lipinski definition) is 1. The van der Waals surface area contributed by atoms with Crippen molar-refractivity contribution in [3.63, 3.8) is 0 Å². The zero-order chi connectivity index (χ0) is 17.7. The van der Waals surface area contributed by atoms with E-state index < -0.39 is 6.04 Å². The van der Waals surface area contributed by atoms with Crippen LogP contribution in [0.4, 0.5) is 9.18 Å². The van der Waals surface area contributed by atoms with E-state index in [-0.39, 0.29) is 24.1 Å². The summed E-state index contributed by atoms with van der Waals surface area (Å²) in [5.41, 5.74) is 1.24. The summed E-state index contributed by atoms with van der Waals surface area (Å²) in [5.74, 6) is -0.466. The number of rotatable bonds is 5. The quantitative estimate of drug-likeness (QED) is 0.776. The average Bonchev–Trinajstić information content (AvgIpc) is 2.55. The van der Waals surface area contributed by atoms with Gasteiger partial charge in [0.25, 0.3) is 0 Å². The number of benzene rings is 2. The van der Waals surface area contributed by atoms with E-state index in [1.165, 1.54) is 17.0 Å². The Labute approximate surface area is 148 Å². The summed E-state index contributed by atoms with van der Waals surface area (Å²) in [6.07, 6.45) is 0.0901. The molecule has 0 saturated heterocycles. The molecule has 0 aromatic heterocycles. The van der Waals surface area contributed by atoms with Gasteiger partial charge in [0.15, 0.2) is 5.78 Å². The molecular weight excluding hydrogens is 375 g/mol. The van der Waals surface area contributed by atoms with Gasteiger partial charge in [-0.3, -0.25) is 4.79 Å². The third-order valence-corrected chi connectivity index (χ3v) is 4.06. The van der Waals surface area contributed by atoms with E-state index in [1.807, 2.05) is 0 Å². The highest BCUT2D eigenvalue weighted by Crippen LogP contribution is 2.21. The molecule has 0 saturated carbocycles. The molecule has 4 nitrogen and oxygen atoms in total. The Morgan fingerprint density at radius 3 is 2.21 bits per heavy atom. The second-order valence-corrected chi connectivity index (χ2v) is 6.50. The normalized spacial score (nSPS) is 11.7. The minimum absolute atomic E-state index is 0.0901. The number of halogens is 2. The maximum atomic E-state index is 13.1. The zero-order valence-electron chi connectivity index (χ0n) is 13.4. The minimum Gasteiger partial charge on any atom is -0.331 e. The fraction of sp³-hybridized carbons (Fsp3) is 0.222. The van der Waals surface area contributed by atoms with Gasteiger partial charge in [0.05, 0.1) is 6.04 Å². The fourth-order valence-electron chi connectivity index (χ4n) is 2.16. The van der Waals surface area contributed by atoms with Crippen molar-refractivity contribution in [3.05, 3.63) is 69.9 Å². The number of Topliss-reactive ketones (excluding diaryl/α,β-unsaturated/α-hetero) is 1. The number of nitrogens with one attached hydrogen (secondary N) is 1. The lowest BCUT2D eigenvalue weighted by atomic mass is 9.98. The molecule has 24 heavy (non-hydrogen) atoms. The maximum Gasteiger partial charge on any atom is 0.317 e. The molecule has 2 aromatic carbocycles. The van der Waals surface area contributed by atoms with E-state index in [0.717, 1.165) is 4.47 Å². The molecular formula is C18H18BrFN2O2. The summed E-state index contributed by atoms with van der Waals surface area (Å²) in [6, 6.07) is 12.0. The Morgan fingerprint density at radius 2 is 1.67 bits per heavy atom. The molecule has 0 bridgehead atoms. The first-order valence-electron chi connectivity index (χ1n) is 7.39. The highest BCUT2D eigenvalue weighted by molar-refractivity contribution is 9.10. The van der Waals surface area contributed by atoms with Crippen LogP contribution in [-0.4, -0.2) is 30.8 Å². The van der Waals surface area contributed by atoms with Crippen LogP contribution in [0.15, 0.2) is 53.0 Å². The van der Waals surface area contributed by atoms with Crippen LogP contribution in [0.25, 0.3) is 0 Å². The molecule has 2 aromatic rings. The van der Waals surface area contributed by atoms with Crippen molar-refractivity contribution in [3.8, 4) is 0 Å². The van der Waals surface area contributed by atoms with Crippen LogP contribution in [0.1, 0.15) is 28.4 Å². The van der Waals surface area contributed by atoms with Crippen LogP contribution in [-0.2, 0) is 0 Å². The molecule has 1 atom stereocenters. The molecule has 0 spiro atoms. The van der Waals surface area contributed by atoms with Crippen molar-refractivity contribution in [2.75, 3.05) is 14.1 Å². The van der Waals surface area contributed by atoms with Crippen LogP contribution in [0.3, 0.4) is 0 Å². The van der Waals surface area contributed by atoms with Crippen LogP contribution in [0, 0.1) is 5.82 Å². The van der Waals surface area contributed by atoms with Gasteiger partial charge in [-0.1, -0.05) is 40.2 Å². The van der Waals surface area contributed by atoms with Gasteiger partial charge in [-0.25, -0.2) is 9.18 Å². The van der Waals surface area contributed by atoms with Gasteiger partial charge < -0.3 is 10.2 Å². The smallest absolute Gasteiger partial charge is 0.317 e. The van der Waals surface area contributed by atoms with Gasteiger partial charge in [-0.2, -0.15) is 0 Å². The topological polar surface area (TPSA) is 49.4 Å². The van der Waals surface area contributed by atoms with E-state index in [2.05, 4.69) is 21.2 Å². The summed E-state index contributed by atoms with van der Waals surface area (Å²) < 4.78 is 14.0. The molecule has 0 fully saturated rings. The first-order chi connectivity index (χ1) is 11.4. The molecule has 0 heterocycles. The largest absolute Gasteiger partial charge is 0.331 e. The second kappa shape index (κ2) is 8.06. The Bertz CT molecular complexity index is 715. The Balaban J connectivity index is 2.21. The van der Waals surface area contributed by atoms with E-state index in [9.17, 15) is 14.0 Å². The molecule has 126 valence electrons. The number of carbonyl (C=O) groups is 2. The first kappa shape index (κ1) is 18.1. The monoisotopic (exact) mass is 392 g/mol. The standard InChI is InChI=1S/C18H18BrFN2O2/c1-22(2)18(24)21-16(12-5-9-15(20)10-6-12)11-17(23)13-3-7-14(19)8-4-13/h3-10,16H,11H2,1-2H3,(H,21,24). The minimum atomic E-state index is -0.531. The van der Waals surface area contributed by atoms with Gasteiger partial charge >= 0.3 is 6.03 Å². The highest BCUT2D eigenvalue weighted by atomic mass is 79.9. The van der Waals surface area contributed by atoms with Crippen LogP contribution in [0.5, 0.6) is 0 Å². The van der Waals surface area contributed by atoms with Crippen molar-refractivity contribution >= 4 is 27.7 Å². The molecule has 0 radical (unpaired) electrons. The molecule has 1 unspecified atom stereocenters. The van der Waals surface area contributed by atoms with Crippen LogP contribution in [0.2, 0.25) is 0 Å². The number of urea groups is 1. The van der Waals surface area contributed by atoms with Gasteiger partial charge in [0, 0.05) is 30.6 Å². The highest BCUT2D eigenvalue weighted by Gasteiger charge is 2.20. The Morgan fingerprint density at radius 1 is 1.08 bits per heavy atom. The fourth-order valence-corrected chi connectivity index (χ4v) is 2.43. The Hall–Kier alpha value is -2.21. The average molecular weight is 393 g/mol. The molecule has 1 N–H and O–H groups in total. The van der Waals surface area contributed by atoms with Crippen LogP contribution < -0.4 is 5.32 Å². The number of nitrogens with zero attached hydrogens (tertiary/aromatic N) is 1. The summed E-state index contributed by atoms with van der Waals surface area (Å²) in [4.78, 5) is 25.9. The molecule has 6 heteroatoms. The molecule has 0 aliphatic rings. The van der Waals surface area contributed by atoms with Gasteiger partial charge in [0.2, 0.25) is 0 Å². The number of ketones is 1. The molecule has 2 amide bonds. The number of hydrogen-bond acceptors (Lipinski definition) is 2. The van der Waals surface area contributed by atoms with E-state index >= 15 is 0 Å². The first-order valence-corrected chi connectivity index (χ1v) is 8.18. The maximum absolute atomic E-state index is 13.1. The molecule has 2 rings (SSSR count). The third-order valence-electron chi connectivity index (χ3n) is 3.53. The van der Waals surface area contributed by atoms with E-state index in [4.69, 9.17) is 0 Å². The summed E-state index contributed by atoms with van der Waals surface area (Å²) in [7, 11) is 3.24. The zero-order valence-corrected chi connectivity index (χ0v) is 15.0. The van der Waals surface area contributed by atoms with Gasteiger partial charge in [-0.15, -0.1) is 0 Å². The molecule has 0 aliphatic carbocycles. The van der Waals surface area contributed by atoms with Crippen molar-refractivity contribution in [1.82, 2.24) is 10.2 Å². The molecule has 0 aliphatic heterocycles. The van der Waals surface area contributed by atoms with Gasteiger partial charge in [-0.05, 0) is 29.8 Å². The lowest BCUT2D eigenvalue weighted by molar-refractivity contribution is 0.0969. The van der Waals surface area contributed by atoms with Crippen molar-refractivity contribution in [2.24, 2.45) is 0 Å². The lowest BCUT2D eigenvalue weighted by Gasteiger charge is -2.21. The summed E-state index contributed by atoms with van der Waals surface area (Å²) in [6.45, 7) is 0. The third kappa shape index (κ3) is 4.89. The van der Waals surface area contributed by atoms with Crippen molar-refractivity contribution in [1.29, 1.82) is 0 Å². The predicted octanol–water partition coefficient (Wildman–Crippen LogP) is 4.17.